The highest BCUT2D eigenvalue weighted by molar-refractivity contribution is 14.0. The lowest BCUT2D eigenvalue weighted by Gasteiger charge is -2.33. The van der Waals surface area contributed by atoms with Crippen LogP contribution >= 0.6 is 24.0 Å². The number of pyridine rings is 1. The second-order valence-corrected chi connectivity index (χ2v) is 8.80. The molecule has 10 heteroatoms. The molecule has 0 unspecified atom stereocenters. The summed E-state index contributed by atoms with van der Waals surface area (Å²) < 4.78 is 26.9. The van der Waals surface area contributed by atoms with E-state index in [4.69, 9.17) is 0 Å². The minimum Gasteiger partial charge on any atom is -0.357 e. The minimum absolute atomic E-state index is 0. The van der Waals surface area contributed by atoms with Crippen LogP contribution in [-0.4, -0.2) is 69.1 Å². The summed E-state index contributed by atoms with van der Waals surface area (Å²) in [4.78, 5) is 11.1. The van der Waals surface area contributed by atoms with E-state index >= 15 is 0 Å². The molecule has 1 aliphatic heterocycles. The molecule has 1 aromatic rings. The van der Waals surface area contributed by atoms with E-state index in [1.807, 2.05) is 6.92 Å². The zero-order valence-corrected chi connectivity index (χ0v) is 19.4. The average molecular weight is 522 g/mol. The Morgan fingerprint density at radius 2 is 2.04 bits per heavy atom. The van der Waals surface area contributed by atoms with Gasteiger partial charge in [0.05, 0.1) is 6.54 Å². The van der Waals surface area contributed by atoms with Crippen LogP contribution in [0.3, 0.4) is 0 Å². The van der Waals surface area contributed by atoms with Gasteiger partial charge in [-0.1, -0.05) is 0 Å². The van der Waals surface area contributed by atoms with Gasteiger partial charge in [-0.25, -0.2) is 13.1 Å². The molecule has 0 bridgehead atoms. The quantitative estimate of drug-likeness (QED) is 0.205. The van der Waals surface area contributed by atoms with E-state index in [0.717, 1.165) is 44.5 Å². The summed E-state index contributed by atoms with van der Waals surface area (Å²) in [5.41, 5.74) is 0. The summed E-state index contributed by atoms with van der Waals surface area (Å²) in [6.07, 6.45) is 7.84. The molecule has 1 saturated heterocycles. The highest BCUT2D eigenvalue weighted by atomic mass is 127. The van der Waals surface area contributed by atoms with Gasteiger partial charge < -0.3 is 15.5 Å². The number of aromatic nitrogens is 1. The van der Waals surface area contributed by atoms with Crippen LogP contribution in [0.4, 0.5) is 0 Å². The number of hydrogen-bond acceptors (Lipinski definition) is 5. The van der Waals surface area contributed by atoms with Crippen LogP contribution in [-0.2, 0) is 10.0 Å². The summed E-state index contributed by atoms with van der Waals surface area (Å²) in [7, 11) is -3.53. The molecule has 3 rings (SSSR count). The van der Waals surface area contributed by atoms with Crippen LogP contribution in [0.2, 0.25) is 0 Å². The maximum Gasteiger partial charge on any atom is 0.242 e. The summed E-state index contributed by atoms with van der Waals surface area (Å²) in [6.45, 7) is 5.70. The van der Waals surface area contributed by atoms with E-state index in [9.17, 15) is 8.42 Å². The molecule has 2 aliphatic rings. The second-order valence-electron chi connectivity index (χ2n) is 7.03. The number of rotatable bonds is 8. The van der Waals surface area contributed by atoms with Gasteiger partial charge in [-0.2, -0.15) is 0 Å². The molecule has 8 nitrogen and oxygen atoms in total. The first-order chi connectivity index (χ1) is 13.1. The average Bonchev–Trinajstić information content (AvgIpc) is 3.52. The van der Waals surface area contributed by atoms with Crippen molar-refractivity contribution in [2.24, 2.45) is 4.99 Å². The fourth-order valence-electron chi connectivity index (χ4n) is 3.30. The van der Waals surface area contributed by atoms with Crippen molar-refractivity contribution in [3.63, 3.8) is 0 Å². The van der Waals surface area contributed by atoms with Crippen LogP contribution in [0, 0.1) is 0 Å². The molecule has 2 heterocycles. The van der Waals surface area contributed by atoms with E-state index in [2.05, 4.69) is 30.2 Å². The van der Waals surface area contributed by atoms with Gasteiger partial charge in [0.15, 0.2) is 5.96 Å². The fourth-order valence-corrected chi connectivity index (χ4v) is 4.28. The predicted molar refractivity (Wildman–Crippen MR) is 122 cm³/mol. The Morgan fingerprint density at radius 1 is 1.29 bits per heavy atom. The van der Waals surface area contributed by atoms with Gasteiger partial charge in [-0.15, -0.1) is 24.0 Å². The van der Waals surface area contributed by atoms with E-state index < -0.39 is 10.0 Å². The van der Waals surface area contributed by atoms with Crippen molar-refractivity contribution in [2.75, 3.05) is 32.7 Å². The Bertz CT molecular complexity index is 719. The highest BCUT2D eigenvalue weighted by Gasteiger charge is 2.31. The van der Waals surface area contributed by atoms with E-state index in [-0.39, 0.29) is 35.4 Å². The molecule has 0 amide bonds. The van der Waals surface area contributed by atoms with Crippen molar-refractivity contribution in [3.05, 3.63) is 24.5 Å². The largest absolute Gasteiger partial charge is 0.357 e. The molecule has 0 spiro atoms. The van der Waals surface area contributed by atoms with Crippen molar-refractivity contribution in [3.8, 4) is 0 Å². The van der Waals surface area contributed by atoms with Gasteiger partial charge in [-0.3, -0.25) is 9.98 Å². The summed E-state index contributed by atoms with van der Waals surface area (Å²) >= 11 is 0. The van der Waals surface area contributed by atoms with Crippen molar-refractivity contribution in [1.29, 1.82) is 0 Å². The first kappa shape index (κ1) is 23.3. The first-order valence-electron chi connectivity index (χ1n) is 9.77. The number of guanidine groups is 1. The Labute approximate surface area is 185 Å². The number of nitrogens with one attached hydrogen (secondary N) is 3. The third-order valence-corrected chi connectivity index (χ3v) is 6.34. The van der Waals surface area contributed by atoms with Crippen LogP contribution < -0.4 is 15.4 Å². The monoisotopic (exact) mass is 522 g/mol. The van der Waals surface area contributed by atoms with E-state index in [1.54, 1.807) is 12.3 Å². The maximum absolute atomic E-state index is 12.2. The molecule has 1 aromatic heterocycles. The Kier molecular flexibility index (Phi) is 9.38. The number of hydrogen-bond donors (Lipinski definition) is 3. The van der Waals surface area contributed by atoms with Gasteiger partial charge in [0.25, 0.3) is 0 Å². The van der Waals surface area contributed by atoms with Crippen LogP contribution in [0.25, 0.3) is 0 Å². The minimum atomic E-state index is -3.53. The van der Waals surface area contributed by atoms with Crippen LogP contribution in [0.5, 0.6) is 0 Å². The number of sulfonamides is 1. The molecule has 28 heavy (non-hydrogen) atoms. The lowest BCUT2D eigenvalue weighted by atomic mass is 10.1. The molecule has 0 aromatic carbocycles. The van der Waals surface area contributed by atoms with Crippen molar-refractivity contribution in [2.45, 2.75) is 49.6 Å². The molecular weight excluding hydrogens is 491 g/mol. The summed E-state index contributed by atoms with van der Waals surface area (Å²) in [5.74, 6) is 0.753. The van der Waals surface area contributed by atoms with E-state index in [1.165, 1.54) is 25.1 Å². The first-order valence-corrected chi connectivity index (χ1v) is 11.3. The second kappa shape index (κ2) is 11.3. The van der Waals surface area contributed by atoms with Crippen molar-refractivity contribution in [1.82, 2.24) is 25.2 Å². The molecule has 3 N–H and O–H groups in total. The topological polar surface area (TPSA) is 98.7 Å². The lowest BCUT2D eigenvalue weighted by molar-refractivity contribution is 0.197. The zero-order chi connectivity index (χ0) is 19.1. The molecule has 1 aliphatic carbocycles. The smallest absolute Gasteiger partial charge is 0.242 e. The Balaban J connectivity index is 0.00000280. The van der Waals surface area contributed by atoms with Crippen LogP contribution in [0.15, 0.2) is 34.4 Å². The molecule has 1 saturated carbocycles. The molecule has 2 fully saturated rings. The SMILES string of the molecule is CCNC(=NCCNS(=O)(=O)c1cccnc1)NC1CCN(C2CC2)CC1.I. The van der Waals surface area contributed by atoms with Crippen LogP contribution in [0.1, 0.15) is 32.6 Å². The molecule has 0 radical (unpaired) electrons. The van der Waals surface area contributed by atoms with Gasteiger partial charge in [0.1, 0.15) is 4.90 Å². The maximum atomic E-state index is 12.2. The summed E-state index contributed by atoms with van der Waals surface area (Å²) in [6, 6.07) is 4.39. The van der Waals surface area contributed by atoms with Crippen molar-refractivity contribution >= 4 is 40.0 Å². The predicted octanol–water partition coefficient (Wildman–Crippen LogP) is 1.16. The van der Waals surface area contributed by atoms with E-state index in [0.29, 0.717) is 12.6 Å². The third kappa shape index (κ3) is 7.12. The summed E-state index contributed by atoms with van der Waals surface area (Å²) in [5, 5.41) is 6.73. The number of piperidine rings is 1. The van der Waals surface area contributed by atoms with Crippen molar-refractivity contribution < 1.29 is 8.42 Å². The van der Waals surface area contributed by atoms with Gasteiger partial charge >= 0.3 is 0 Å². The third-order valence-electron chi connectivity index (χ3n) is 4.90. The van der Waals surface area contributed by atoms with Gasteiger partial charge in [0.2, 0.25) is 10.0 Å². The molecular formula is C18H31IN6O2S. The number of nitrogens with zero attached hydrogens (tertiary/aromatic N) is 3. The zero-order valence-electron chi connectivity index (χ0n) is 16.3. The Morgan fingerprint density at radius 3 is 2.64 bits per heavy atom. The number of likely N-dealkylation sites (tertiary alicyclic amines) is 1. The standard InChI is InChI=1S/C18H30N6O2S.HI/c1-2-20-18(23-15-7-12-24(13-8-15)16-5-6-16)21-10-11-22-27(25,26)17-4-3-9-19-14-17;/h3-4,9,14-16,22H,2,5-8,10-13H2,1H3,(H2,20,21,23);1H. The Hall–Kier alpha value is -0.980. The van der Waals surface area contributed by atoms with Gasteiger partial charge in [-0.05, 0) is 44.7 Å². The normalized spacial score (nSPS) is 19.1. The number of halogens is 1. The molecule has 158 valence electrons. The lowest BCUT2D eigenvalue weighted by Crippen LogP contribution is -2.49. The highest BCUT2D eigenvalue weighted by Crippen LogP contribution is 2.29. The fraction of sp³-hybridized carbons (Fsp3) is 0.667. The van der Waals surface area contributed by atoms with Gasteiger partial charge in [0, 0.05) is 50.7 Å². The number of aliphatic imine (C=N–C) groups is 1. The molecule has 0 atom stereocenters.